The molecule has 1 aliphatic heterocycles. The number of hydrogen-bond donors (Lipinski definition) is 1. The van der Waals surface area contributed by atoms with Gasteiger partial charge in [-0.3, -0.25) is 9.59 Å². The summed E-state index contributed by atoms with van der Waals surface area (Å²) in [6.07, 6.45) is 6.43. The smallest absolute Gasteiger partial charge is 0.227 e. The molecule has 0 bridgehead atoms. The molecule has 1 atom stereocenters. The van der Waals surface area contributed by atoms with Gasteiger partial charge in [-0.2, -0.15) is 0 Å². The number of anilines is 1. The van der Waals surface area contributed by atoms with Crippen LogP contribution in [-0.4, -0.2) is 34.5 Å². The molecule has 1 aliphatic rings. The van der Waals surface area contributed by atoms with Gasteiger partial charge in [0.15, 0.2) is 0 Å². The number of benzene rings is 1. The lowest BCUT2D eigenvalue weighted by Crippen LogP contribution is -2.33. The Kier molecular flexibility index (Phi) is 5.38. The lowest BCUT2D eigenvalue weighted by molar-refractivity contribution is -0.126. The molecule has 7 heteroatoms. The number of amides is 2. The Morgan fingerprint density at radius 2 is 2.28 bits per heavy atom. The number of aryl methyl sites for hydroxylation is 2. The minimum absolute atomic E-state index is 0.0431. The van der Waals surface area contributed by atoms with Gasteiger partial charge in [-0.05, 0) is 31.0 Å². The van der Waals surface area contributed by atoms with Gasteiger partial charge in [0.05, 0.1) is 12.2 Å². The van der Waals surface area contributed by atoms with Crippen molar-refractivity contribution in [3.05, 3.63) is 47.5 Å². The van der Waals surface area contributed by atoms with E-state index in [2.05, 4.69) is 10.3 Å². The van der Waals surface area contributed by atoms with Crippen LogP contribution in [0.1, 0.15) is 18.4 Å². The fourth-order valence-electron chi connectivity index (χ4n) is 2.92. The Labute approximate surface area is 151 Å². The molecule has 25 heavy (non-hydrogen) atoms. The van der Waals surface area contributed by atoms with Crippen molar-refractivity contribution in [1.82, 2.24) is 14.9 Å². The predicted octanol–water partition coefficient (Wildman–Crippen LogP) is 2.40. The van der Waals surface area contributed by atoms with Crippen LogP contribution in [0.25, 0.3) is 0 Å². The zero-order chi connectivity index (χ0) is 17.8. The molecule has 1 aromatic heterocycles. The Balaban J connectivity index is 1.51. The Morgan fingerprint density at radius 1 is 1.44 bits per heavy atom. The molecule has 3 rings (SSSR count). The summed E-state index contributed by atoms with van der Waals surface area (Å²) >= 11 is 6.14. The normalized spacial score (nSPS) is 17.1. The number of carbonyl (C=O) groups excluding carboxylic acids is 2. The van der Waals surface area contributed by atoms with E-state index in [9.17, 15) is 9.59 Å². The van der Waals surface area contributed by atoms with E-state index in [1.807, 2.05) is 29.8 Å². The van der Waals surface area contributed by atoms with E-state index in [1.54, 1.807) is 23.5 Å². The highest BCUT2D eigenvalue weighted by molar-refractivity contribution is 6.31. The molecule has 1 saturated heterocycles. The van der Waals surface area contributed by atoms with Gasteiger partial charge in [-0.25, -0.2) is 4.98 Å². The van der Waals surface area contributed by atoms with Crippen LogP contribution in [-0.2, 0) is 16.1 Å². The summed E-state index contributed by atoms with van der Waals surface area (Å²) in [5.41, 5.74) is 1.71. The highest BCUT2D eigenvalue weighted by atomic mass is 35.5. The summed E-state index contributed by atoms with van der Waals surface area (Å²) in [4.78, 5) is 30.2. The van der Waals surface area contributed by atoms with Crippen molar-refractivity contribution < 1.29 is 9.59 Å². The molecule has 2 amide bonds. The van der Waals surface area contributed by atoms with E-state index in [0.717, 1.165) is 24.2 Å². The summed E-state index contributed by atoms with van der Waals surface area (Å²) in [6.45, 7) is 3.69. The molecule has 0 spiro atoms. The lowest BCUT2D eigenvalue weighted by atomic mass is 10.1. The topological polar surface area (TPSA) is 67.2 Å². The molecule has 132 valence electrons. The Bertz CT molecular complexity index is 760. The maximum Gasteiger partial charge on any atom is 0.227 e. The third kappa shape index (κ3) is 4.20. The summed E-state index contributed by atoms with van der Waals surface area (Å²) in [6, 6.07) is 5.53. The predicted molar refractivity (Wildman–Crippen MR) is 96.5 cm³/mol. The first-order chi connectivity index (χ1) is 12.0. The van der Waals surface area contributed by atoms with E-state index in [1.165, 1.54) is 0 Å². The number of halogens is 1. The SMILES string of the molecule is Cc1ccc(N2CC(C(=O)NCCCn3ccnc3)CC2=O)cc1Cl. The van der Waals surface area contributed by atoms with Crippen LogP contribution in [0.3, 0.4) is 0 Å². The second-order valence-electron chi connectivity index (χ2n) is 6.28. The Hall–Kier alpha value is -2.34. The van der Waals surface area contributed by atoms with E-state index in [4.69, 9.17) is 11.6 Å². The summed E-state index contributed by atoms with van der Waals surface area (Å²) in [7, 11) is 0. The third-order valence-electron chi connectivity index (χ3n) is 4.41. The number of nitrogens with zero attached hydrogens (tertiary/aromatic N) is 3. The summed E-state index contributed by atoms with van der Waals surface area (Å²) in [5.74, 6) is -0.431. The van der Waals surface area contributed by atoms with Crippen LogP contribution in [0.2, 0.25) is 5.02 Å². The number of hydrogen-bond acceptors (Lipinski definition) is 3. The van der Waals surface area contributed by atoms with E-state index in [-0.39, 0.29) is 24.2 Å². The van der Waals surface area contributed by atoms with Crippen LogP contribution < -0.4 is 10.2 Å². The average molecular weight is 361 g/mol. The summed E-state index contributed by atoms with van der Waals surface area (Å²) < 4.78 is 1.97. The molecule has 1 unspecified atom stereocenters. The van der Waals surface area contributed by atoms with Gasteiger partial charge in [0.2, 0.25) is 11.8 Å². The molecule has 2 heterocycles. The highest BCUT2D eigenvalue weighted by Gasteiger charge is 2.35. The first-order valence-electron chi connectivity index (χ1n) is 8.34. The van der Waals surface area contributed by atoms with Crippen LogP contribution in [0.15, 0.2) is 36.9 Å². The molecule has 0 aliphatic carbocycles. The van der Waals surface area contributed by atoms with E-state index >= 15 is 0 Å². The van der Waals surface area contributed by atoms with Crippen LogP contribution >= 0.6 is 11.6 Å². The molecule has 0 radical (unpaired) electrons. The van der Waals surface area contributed by atoms with Crippen molar-refractivity contribution in [1.29, 1.82) is 0 Å². The fourth-order valence-corrected chi connectivity index (χ4v) is 3.09. The van der Waals surface area contributed by atoms with E-state index in [0.29, 0.717) is 18.1 Å². The molecular formula is C18H21ClN4O2. The fraction of sp³-hybridized carbons (Fsp3) is 0.389. The van der Waals surface area contributed by atoms with Gasteiger partial charge in [0.25, 0.3) is 0 Å². The zero-order valence-electron chi connectivity index (χ0n) is 14.1. The molecular weight excluding hydrogens is 340 g/mol. The number of aromatic nitrogens is 2. The van der Waals surface area contributed by atoms with Gasteiger partial charge in [0, 0.05) is 49.2 Å². The van der Waals surface area contributed by atoms with Crippen molar-refractivity contribution in [2.24, 2.45) is 5.92 Å². The number of carbonyl (C=O) groups is 2. The monoisotopic (exact) mass is 360 g/mol. The lowest BCUT2D eigenvalue weighted by Gasteiger charge is -2.17. The maximum absolute atomic E-state index is 12.3. The minimum atomic E-state index is -0.319. The first-order valence-corrected chi connectivity index (χ1v) is 8.72. The van der Waals surface area contributed by atoms with Gasteiger partial charge >= 0.3 is 0 Å². The second kappa shape index (κ2) is 7.70. The molecule has 6 nitrogen and oxygen atoms in total. The van der Waals surface area contributed by atoms with Crippen LogP contribution in [0.5, 0.6) is 0 Å². The zero-order valence-corrected chi connectivity index (χ0v) is 14.9. The largest absolute Gasteiger partial charge is 0.356 e. The van der Waals surface area contributed by atoms with Crippen molar-refractivity contribution in [2.45, 2.75) is 26.3 Å². The standard InChI is InChI=1S/C18H21ClN4O2/c1-13-3-4-15(10-16(13)19)23-11-14(9-17(23)24)18(25)21-5-2-7-22-8-6-20-12-22/h3-4,6,8,10,12,14H,2,5,7,9,11H2,1H3,(H,21,25). The minimum Gasteiger partial charge on any atom is -0.356 e. The summed E-state index contributed by atoms with van der Waals surface area (Å²) in [5, 5.41) is 3.55. The number of nitrogens with one attached hydrogen (secondary N) is 1. The van der Waals surface area contributed by atoms with Crippen molar-refractivity contribution in [2.75, 3.05) is 18.0 Å². The molecule has 1 N–H and O–H groups in total. The number of rotatable bonds is 6. The Morgan fingerprint density at radius 3 is 3.00 bits per heavy atom. The average Bonchev–Trinajstić information content (AvgIpc) is 3.23. The maximum atomic E-state index is 12.3. The van der Waals surface area contributed by atoms with Gasteiger partial charge in [0.1, 0.15) is 0 Å². The van der Waals surface area contributed by atoms with E-state index < -0.39 is 0 Å². The molecule has 2 aromatic rings. The third-order valence-corrected chi connectivity index (χ3v) is 4.82. The van der Waals surface area contributed by atoms with Gasteiger partial charge in [-0.1, -0.05) is 17.7 Å². The van der Waals surface area contributed by atoms with Crippen molar-refractivity contribution in [3.8, 4) is 0 Å². The van der Waals surface area contributed by atoms with Crippen LogP contribution in [0, 0.1) is 12.8 Å². The highest BCUT2D eigenvalue weighted by Crippen LogP contribution is 2.28. The van der Waals surface area contributed by atoms with Gasteiger partial charge in [-0.15, -0.1) is 0 Å². The van der Waals surface area contributed by atoms with Crippen molar-refractivity contribution in [3.63, 3.8) is 0 Å². The quantitative estimate of drug-likeness (QED) is 0.804. The van der Waals surface area contributed by atoms with Gasteiger partial charge < -0.3 is 14.8 Å². The first kappa shape index (κ1) is 17.5. The molecule has 0 saturated carbocycles. The second-order valence-corrected chi connectivity index (χ2v) is 6.69. The number of imidazole rings is 1. The van der Waals surface area contributed by atoms with Crippen LogP contribution in [0.4, 0.5) is 5.69 Å². The molecule has 1 aromatic carbocycles. The van der Waals surface area contributed by atoms with Crippen molar-refractivity contribution >= 4 is 29.1 Å². The molecule has 1 fully saturated rings.